The fourth-order valence-electron chi connectivity index (χ4n) is 5.81. The summed E-state index contributed by atoms with van der Waals surface area (Å²) in [5.74, 6) is -0.0844. The number of rotatable bonds is 4. The van der Waals surface area contributed by atoms with Crippen LogP contribution in [0.2, 0.25) is 0 Å². The van der Waals surface area contributed by atoms with Gasteiger partial charge in [0.05, 0.1) is 0 Å². The highest BCUT2D eigenvalue weighted by Crippen LogP contribution is 2.54. The number of pyridine rings is 1. The first-order valence-electron chi connectivity index (χ1n) is 11.5. The molecule has 33 heavy (non-hydrogen) atoms. The number of carboxylic acid groups (broad SMARTS) is 2. The number of aliphatic carboxylic acids is 2. The minimum atomic E-state index is -1.26. The molecule has 3 atom stereocenters. The molecular weight excluding hydrogens is 420 g/mol. The van der Waals surface area contributed by atoms with Crippen LogP contribution in [0.1, 0.15) is 48.9 Å². The molecule has 1 aromatic carbocycles. The maximum atomic E-state index is 9.55. The number of nitrogens with one attached hydrogen (secondary N) is 1. The van der Waals surface area contributed by atoms with E-state index in [1.54, 1.807) is 5.56 Å². The zero-order valence-corrected chi connectivity index (χ0v) is 18.8. The van der Waals surface area contributed by atoms with E-state index < -0.39 is 11.9 Å². The van der Waals surface area contributed by atoms with E-state index in [1.165, 1.54) is 44.1 Å². The molecule has 0 unspecified atom stereocenters. The summed E-state index contributed by atoms with van der Waals surface area (Å²) in [5, 5.41) is 19.4. The van der Waals surface area contributed by atoms with Crippen molar-refractivity contribution in [1.29, 1.82) is 0 Å². The number of hydrogen-bond acceptors (Lipinski definition) is 5. The average molecular weight is 451 g/mol. The predicted molar refractivity (Wildman–Crippen MR) is 124 cm³/mol. The number of aromatic nitrogens is 1. The number of aryl methyl sites for hydroxylation is 1. The molecule has 2 aromatic rings. The molecule has 5 rings (SSSR count). The highest BCUT2D eigenvalue weighted by atomic mass is 16.5. The van der Waals surface area contributed by atoms with Crippen LogP contribution in [0.25, 0.3) is 0 Å². The van der Waals surface area contributed by atoms with E-state index in [0.717, 1.165) is 23.9 Å². The number of ether oxygens (including phenoxy) is 1. The molecule has 7 nitrogen and oxygen atoms in total. The molecule has 2 aliphatic carbocycles. The largest absolute Gasteiger partial charge is 0.478 e. The molecule has 2 heterocycles. The van der Waals surface area contributed by atoms with E-state index in [9.17, 15) is 9.59 Å². The Morgan fingerprint density at radius 2 is 1.91 bits per heavy atom. The summed E-state index contributed by atoms with van der Waals surface area (Å²) in [5.41, 5.74) is 4.46. The van der Waals surface area contributed by atoms with Gasteiger partial charge in [-0.25, -0.2) is 14.6 Å². The molecule has 2 bridgehead atoms. The van der Waals surface area contributed by atoms with Crippen molar-refractivity contribution >= 4 is 11.9 Å². The molecular formula is C26H30N2O5. The average Bonchev–Trinajstić information content (AvgIpc) is 2.79. The van der Waals surface area contributed by atoms with Gasteiger partial charge in [0.25, 0.3) is 0 Å². The summed E-state index contributed by atoms with van der Waals surface area (Å²) < 4.78 is 6.11. The first-order valence-corrected chi connectivity index (χ1v) is 11.5. The zero-order chi connectivity index (χ0) is 23.4. The lowest BCUT2D eigenvalue weighted by Gasteiger charge is -2.56. The first kappa shape index (κ1) is 23.0. The molecule has 1 aliphatic heterocycles. The SMILES string of the molecule is Cc1cccc(Oc2ccc3c(c2)[C@@]24CCCC[C@H]2[C@@H](C3)NCC4)n1.O=C(O)C=CC(=O)O. The van der Waals surface area contributed by atoms with E-state index >= 15 is 0 Å². The van der Waals surface area contributed by atoms with Crippen LogP contribution in [-0.4, -0.2) is 39.7 Å². The molecule has 174 valence electrons. The summed E-state index contributed by atoms with van der Waals surface area (Å²) >= 11 is 0. The number of nitrogens with zero attached hydrogens (tertiary/aromatic N) is 1. The van der Waals surface area contributed by atoms with Gasteiger partial charge in [0.15, 0.2) is 0 Å². The lowest BCUT2D eigenvalue weighted by Crippen LogP contribution is -2.59. The van der Waals surface area contributed by atoms with Gasteiger partial charge >= 0.3 is 11.9 Å². The molecule has 2 fully saturated rings. The topological polar surface area (TPSA) is 109 Å². The van der Waals surface area contributed by atoms with Gasteiger partial charge in [0, 0.05) is 35.4 Å². The van der Waals surface area contributed by atoms with Gasteiger partial charge in [-0.05, 0) is 74.4 Å². The molecule has 0 amide bonds. The van der Waals surface area contributed by atoms with Gasteiger partial charge in [0.2, 0.25) is 5.88 Å². The number of carbonyl (C=O) groups is 2. The summed E-state index contributed by atoms with van der Waals surface area (Å²) in [4.78, 5) is 23.6. The van der Waals surface area contributed by atoms with E-state index in [4.69, 9.17) is 14.9 Å². The van der Waals surface area contributed by atoms with Crippen LogP contribution in [0.5, 0.6) is 11.6 Å². The number of benzene rings is 1. The molecule has 0 radical (unpaired) electrons. The van der Waals surface area contributed by atoms with Crippen LogP contribution in [-0.2, 0) is 21.4 Å². The van der Waals surface area contributed by atoms with Gasteiger partial charge in [0.1, 0.15) is 5.75 Å². The fourth-order valence-corrected chi connectivity index (χ4v) is 5.81. The number of piperidine rings is 1. The Hall–Kier alpha value is -3.19. The van der Waals surface area contributed by atoms with Crippen molar-refractivity contribution in [3.8, 4) is 11.6 Å². The van der Waals surface area contributed by atoms with Crippen molar-refractivity contribution in [1.82, 2.24) is 10.3 Å². The van der Waals surface area contributed by atoms with E-state index in [1.807, 2.05) is 25.1 Å². The van der Waals surface area contributed by atoms with Crippen LogP contribution in [0.4, 0.5) is 0 Å². The summed E-state index contributed by atoms with van der Waals surface area (Å²) in [6.45, 7) is 3.16. The van der Waals surface area contributed by atoms with Crippen molar-refractivity contribution in [3.63, 3.8) is 0 Å². The van der Waals surface area contributed by atoms with Crippen molar-refractivity contribution in [2.75, 3.05) is 6.54 Å². The third kappa shape index (κ3) is 5.09. The van der Waals surface area contributed by atoms with Crippen LogP contribution >= 0.6 is 0 Å². The van der Waals surface area contributed by atoms with Gasteiger partial charge < -0.3 is 20.3 Å². The monoisotopic (exact) mass is 450 g/mol. The summed E-state index contributed by atoms with van der Waals surface area (Å²) in [7, 11) is 0. The Morgan fingerprint density at radius 1 is 1.12 bits per heavy atom. The third-order valence-electron chi connectivity index (χ3n) is 7.07. The molecule has 1 saturated carbocycles. The molecule has 1 aromatic heterocycles. The van der Waals surface area contributed by atoms with Crippen LogP contribution in [0.15, 0.2) is 48.6 Å². The summed E-state index contributed by atoms with van der Waals surface area (Å²) in [6.07, 6.45) is 9.04. The Kier molecular flexibility index (Phi) is 6.79. The van der Waals surface area contributed by atoms with Crippen molar-refractivity contribution in [2.24, 2.45) is 5.92 Å². The van der Waals surface area contributed by atoms with Crippen molar-refractivity contribution < 1.29 is 24.5 Å². The van der Waals surface area contributed by atoms with Gasteiger partial charge in [-0.2, -0.15) is 0 Å². The second-order valence-corrected chi connectivity index (χ2v) is 9.07. The zero-order valence-electron chi connectivity index (χ0n) is 18.8. The molecule has 3 N–H and O–H groups in total. The Bertz CT molecular complexity index is 1050. The Morgan fingerprint density at radius 3 is 2.64 bits per heavy atom. The lowest BCUT2D eigenvalue weighted by molar-refractivity contribution is -0.134. The fraction of sp³-hybridized carbons (Fsp3) is 0.423. The third-order valence-corrected chi connectivity index (χ3v) is 7.07. The molecule has 0 spiro atoms. The van der Waals surface area contributed by atoms with E-state index in [2.05, 4.69) is 28.5 Å². The number of carboxylic acids is 2. The van der Waals surface area contributed by atoms with Gasteiger partial charge in [-0.3, -0.25) is 0 Å². The maximum Gasteiger partial charge on any atom is 0.328 e. The Labute approximate surface area is 193 Å². The molecule has 1 saturated heterocycles. The summed E-state index contributed by atoms with van der Waals surface area (Å²) in [6, 6.07) is 13.4. The van der Waals surface area contributed by atoms with E-state index in [0.29, 0.717) is 29.5 Å². The van der Waals surface area contributed by atoms with Crippen LogP contribution < -0.4 is 10.1 Å². The standard InChI is InChI=1S/C22H26N2O.C4H4O4/c1-15-5-4-7-21(24-15)25-17-9-8-16-13-20-18-6-2-3-10-22(18,11-12-23-20)19(16)14-17;5-3(6)1-2-4(7)8/h4-5,7-9,14,18,20,23H,2-3,6,10-13H2,1H3;1-2H,(H,5,6)(H,7,8)/t18-,20+,22+;/m0./s1. The lowest BCUT2D eigenvalue weighted by atomic mass is 9.53. The highest BCUT2D eigenvalue weighted by molar-refractivity contribution is 5.89. The van der Waals surface area contributed by atoms with Gasteiger partial charge in [-0.15, -0.1) is 0 Å². The highest BCUT2D eigenvalue weighted by Gasteiger charge is 2.51. The first-order chi connectivity index (χ1) is 15.9. The number of hydrogen-bond donors (Lipinski definition) is 3. The predicted octanol–water partition coefficient (Wildman–Crippen LogP) is 4.24. The molecule has 7 heteroatoms. The second kappa shape index (κ2) is 9.75. The Balaban J connectivity index is 0.000000281. The smallest absolute Gasteiger partial charge is 0.328 e. The second-order valence-electron chi connectivity index (χ2n) is 9.07. The quantitative estimate of drug-likeness (QED) is 0.598. The van der Waals surface area contributed by atoms with Crippen molar-refractivity contribution in [3.05, 3.63) is 65.4 Å². The molecule has 3 aliphatic rings. The van der Waals surface area contributed by atoms with Gasteiger partial charge in [-0.1, -0.05) is 25.0 Å². The van der Waals surface area contributed by atoms with E-state index in [-0.39, 0.29) is 0 Å². The normalized spacial score (nSPS) is 25.2. The van der Waals surface area contributed by atoms with Crippen molar-refractivity contribution in [2.45, 2.75) is 56.9 Å². The number of fused-ring (bicyclic) bond motifs is 1. The minimum absolute atomic E-state index is 0.376. The minimum Gasteiger partial charge on any atom is -0.478 e. The van der Waals surface area contributed by atoms with Crippen LogP contribution in [0, 0.1) is 12.8 Å². The maximum absolute atomic E-state index is 9.55. The van der Waals surface area contributed by atoms with Crippen LogP contribution in [0.3, 0.4) is 0 Å².